The summed E-state index contributed by atoms with van der Waals surface area (Å²) in [6.45, 7) is 3.12. The smallest absolute Gasteiger partial charge is 0.282 e. The Balaban J connectivity index is 2.09. The first-order valence-electron chi connectivity index (χ1n) is 8.91. The fourth-order valence-corrected chi connectivity index (χ4v) is 3.12. The number of nitrogens with zero attached hydrogens (tertiary/aromatic N) is 3. The monoisotopic (exact) mass is 415 g/mol. The number of carbonyl (C=O) groups excluding carboxylic acids is 1. The molecule has 1 amide bonds. The van der Waals surface area contributed by atoms with Crippen LogP contribution in [0.4, 0.5) is 5.69 Å². The van der Waals surface area contributed by atoms with Crippen molar-refractivity contribution in [1.82, 2.24) is 5.01 Å². The van der Waals surface area contributed by atoms with Crippen molar-refractivity contribution in [3.05, 3.63) is 57.1 Å². The Morgan fingerprint density at radius 3 is 2.27 bits per heavy atom. The summed E-state index contributed by atoms with van der Waals surface area (Å²) in [5, 5.41) is 16.8. The minimum atomic E-state index is -0.966. The highest BCUT2D eigenvalue weighted by atomic mass is 16.6. The van der Waals surface area contributed by atoms with Crippen molar-refractivity contribution in [2.24, 2.45) is 5.10 Å². The van der Waals surface area contributed by atoms with Crippen LogP contribution in [0.2, 0.25) is 0 Å². The lowest BCUT2D eigenvalue weighted by Gasteiger charge is -2.21. The molecule has 0 radical (unpaired) electrons. The molecule has 1 aliphatic heterocycles. The first-order chi connectivity index (χ1) is 14.3. The second-order valence-corrected chi connectivity index (χ2v) is 6.48. The molecule has 0 saturated carbocycles. The molecular formula is C20H21N3O7. The molecule has 0 spiro atoms. The van der Waals surface area contributed by atoms with Crippen LogP contribution in [0.3, 0.4) is 0 Å². The SMILES string of the molecule is COc1cc([C@@H]2OC(c3cc(C)ccc3[N+](=O)[O-])=NN2C(C)=O)cc(OC)c1OC. The minimum absolute atomic E-state index is 0.0284. The van der Waals surface area contributed by atoms with Crippen molar-refractivity contribution < 1.29 is 28.7 Å². The zero-order chi connectivity index (χ0) is 22.0. The van der Waals surface area contributed by atoms with Crippen molar-refractivity contribution in [2.45, 2.75) is 20.1 Å². The number of nitro benzene ring substituents is 1. The second kappa shape index (κ2) is 8.27. The molecule has 0 bridgehead atoms. The van der Waals surface area contributed by atoms with Crippen molar-refractivity contribution in [3.8, 4) is 17.2 Å². The molecule has 0 unspecified atom stereocenters. The van der Waals surface area contributed by atoms with Crippen LogP contribution in [0, 0.1) is 17.0 Å². The van der Waals surface area contributed by atoms with Crippen LogP contribution >= 0.6 is 0 Å². The van der Waals surface area contributed by atoms with E-state index in [-0.39, 0.29) is 17.1 Å². The van der Waals surface area contributed by atoms with Gasteiger partial charge in [-0.3, -0.25) is 14.9 Å². The van der Waals surface area contributed by atoms with E-state index < -0.39 is 17.1 Å². The van der Waals surface area contributed by atoms with Gasteiger partial charge in [-0.05, 0) is 30.7 Å². The molecule has 0 saturated heterocycles. The average molecular weight is 415 g/mol. The maximum absolute atomic E-state index is 12.2. The summed E-state index contributed by atoms with van der Waals surface area (Å²) in [5.74, 6) is 0.688. The Morgan fingerprint density at radius 1 is 1.13 bits per heavy atom. The molecule has 3 rings (SSSR count). The van der Waals surface area contributed by atoms with Crippen molar-refractivity contribution in [3.63, 3.8) is 0 Å². The van der Waals surface area contributed by atoms with Crippen LogP contribution in [0.25, 0.3) is 0 Å². The molecule has 158 valence electrons. The van der Waals surface area contributed by atoms with Crippen molar-refractivity contribution >= 4 is 17.5 Å². The van der Waals surface area contributed by atoms with Gasteiger partial charge < -0.3 is 18.9 Å². The maximum Gasteiger partial charge on any atom is 0.282 e. The number of methoxy groups -OCH3 is 3. The number of hydrogen-bond acceptors (Lipinski definition) is 8. The Hall–Kier alpha value is -3.82. The highest BCUT2D eigenvalue weighted by Gasteiger charge is 2.36. The van der Waals surface area contributed by atoms with E-state index in [2.05, 4.69) is 5.10 Å². The summed E-state index contributed by atoms with van der Waals surface area (Å²) in [6, 6.07) is 7.85. The molecule has 0 fully saturated rings. The van der Waals surface area contributed by atoms with Crippen molar-refractivity contribution in [2.75, 3.05) is 21.3 Å². The lowest BCUT2D eigenvalue weighted by atomic mass is 10.1. The van der Waals surface area contributed by atoms with Crippen molar-refractivity contribution in [1.29, 1.82) is 0 Å². The summed E-state index contributed by atoms with van der Waals surface area (Å²) in [6.07, 6.45) is -0.966. The molecule has 2 aromatic rings. The third kappa shape index (κ3) is 3.71. The number of amides is 1. The van der Waals surface area contributed by atoms with Gasteiger partial charge in [0, 0.05) is 18.6 Å². The van der Waals surface area contributed by atoms with E-state index in [0.717, 1.165) is 10.6 Å². The zero-order valence-corrected chi connectivity index (χ0v) is 17.2. The standard InChI is InChI=1S/C20H21N3O7/c1-11-6-7-15(23(25)26)14(8-11)19-21-22(12(2)24)20(30-19)13-9-16(27-3)18(29-5)17(10-13)28-4/h6-10,20H,1-5H3/t20-/m0/s1. The fraction of sp³-hybridized carbons (Fsp3) is 0.300. The predicted molar refractivity (Wildman–Crippen MR) is 107 cm³/mol. The van der Waals surface area contributed by atoms with E-state index in [1.165, 1.54) is 34.3 Å². The largest absolute Gasteiger partial charge is 0.493 e. The lowest BCUT2D eigenvalue weighted by molar-refractivity contribution is -0.385. The van der Waals surface area contributed by atoms with Crippen LogP contribution in [0.1, 0.15) is 29.8 Å². The highest BCUT2D eigenvalue weighted by molar-refractivity contribution is 6.00. The molecule has 30 heavy (non-hydrogen) atoms. The third-order valence-electron chi connectivity index (χ3n) is 4.52. The van der Waals surface area contributed by atoms with Crippen LogP contribution in [-0.4, -0.2) is 43.1 Å². The molecule has 0 aliphatic carbocycles. The molecule has 10 nitrogen and oxygen atoms in total. The zero-order valence-electron chi connectivity index (χ0n) is 17.2. The summed E-state index contributed by atoms with van der Waals surface area (Å²) in [5.41, 5.74) is 1.29. The molecule has 1 heterocycles. The molecule has 2 aromatic carbocycles. The lowest BCUT2D eigenvalue weighted by Crippen LogP contribution is -2.25. The van der Waals surface area contributed by atoms with Gasteiger partial charge in [-0.15, -0.1) is 5.10 Å². The molecule has 1 atom stereocenters. The number of ether oxygens (including phenoxy) is 4. The van der Waals surface area contributed by atoms with Crippen LogP contribution in [0.5, 0.6) is 17.2 Å². The maximum atomic E-state index is 12.2. The quantitative estimate of drug-likeness (QED) is 0.526. The molecule has 1 aliphatic rings. The molecule has 0 N–H and O–H groups in total. The number of benzene rings is 2. The van der Waals surface area contributed by atoms with Gasteiger partial charge in [0.25, 0.3) is 5.69 Å². The van der Waals surface area contributed by atoms with Gasteiger partial charge in [0.2, 0.25) is 23.8 Å². The number of hydrazone groups is 1. The molecule has 0 aromatic heterocycles. The van der Waals surface area contributed by atoms with E-state index in [9.17, 15) is 14.9 Å². The number of aryl methyl sites for hydroxylation is 1. The Kier molecular flexibility index (Phi) is 5.77. The molecule has 10 heteroatoms. The number of hydrogen-bond donors (Lipinski definition) is 0. The van der Waals surface area contributed by atoms with E-state index >= 15 is 0 Å². The van der Waals surface area contributed by atoms with Gasteiger partial charge in [-0.1, -0.05) is 6.07 Å². The first kappa shape index (κ1) is 20.9. The highest BCUT2D eigenvalue weighted by Crippen LogP contribution is 2.42. The Bertz CT molecular complexity index is 1010. The minimum Gasteiger partial charge on any atom is -0.493 e. The third-order valence-corrected chi connectivity index (χ3v) is 4.52. The summed E-state index contributed by atoms with van der Waals surface area (Å²) in [7, 11) is 4.42. The van der Waals surface area contributed by atoms with E-state index in [1.54, 1.807) is 31.2 Å². The summed E-state index contributed by atoms with van der Waals surface area (Å²) in [4.78, 5) is 23.2. The number of carbonyl (C=O) groups is 1. The topological polar surface area (TPSA) is 113 Å². The van der Waals surface area contributed by atoms with E-state index in [4.69, 9.17) is 18.9 Å². The average Bonchev–Trinajstić information content (AvgIpc) is 3.18. The van der Waals surface area contributed by atoms with Gasteiger partial charge in [0.05, 0.1) is 26.3 Å². The van der Waals surface area contributed by atoms with Gasteiger partial charge in [-0.2, -0.15) is 5.01 Å². The predicted octanol–water partition coefficient (Wildman–Crippen LogP) is 3.17. The normalized spacial score (nSPS) is 15.3. The number of rotatable bonds is 6. The summed E-state index contributed by atoms with van der Waals surface area (Å²) < 4.78 is 22.0. The summed E-state index contributed by atoms with van der Waals surface area (Å²) >= 11 is 0. The molecular weight excluding hydrogens is 394 g/mol. The van der Waals surface area contributed by atoms with Gasteiger partial charge in [-0.25, -0.2) is 0 Å². The van der Waals surface area contributed by atoms with Gasteiger partial charge in [0.15, 0.2) is 11.5 Å². The first-order valence-corrected chi connectivity index (χ1v) is 8.91. The number of nitro groups is 1. The van der Waals surface area contributed by atoms with E-state index in [1.807, 2.05) is 0 Å². The van der Waals surface area contributed by atoms with Crippen LogP contribution in [0.15, 0.2) is 35.4 Å². The van der Waals surface area contributed by atoms with Crippen LogP contribution in [-0.2, 0) is 9.53 Å². The van der Waals surface area contributed by atoms with Gasteiger partial charge >= 0.3 is 0 Å². The second-order valence-electron chi connectivity index (χ2n) is 6.48. The Morgan fingerprint density at radius 2 is 1.77 bits per heavy atom. The van der Waals surface area contributed by atoms with Gasteiger partial charge in [0.1, 0.15) is 5.56 Å². The fourth-order valence-electron chi connectivity index (χ4n) is 3.12. The van der Waals surface area contributed by atoms with E-state index in [0.29, 0.717) is 22.8 Å². The Labute approximate surface area is 172 Å². The van der Waals surface area contributed by atoms with Crippen LogP contribution < -0.4 is 14.2 Å².